The van der Waals surface area contributed by atoms with Gasteiger partial charge in [-0.25, -0.2) is 9.83 Å². The SMILES string of the molecule is [C-]#[N+]c1c(N2CCCN(C)CC2)nc(SC(C(N)=O)c2ccc(OC)cn2)c(C#N)c1CC. The van der Waals surface area contributed by atoms with Crippen LogP contribution in [0.3, 0.4) is 0 Å². The third-order valence-electron chi connectivity index (χ3n) is 5.57. The number of thioether (sulfide) groups is 1. The van der Waals surface area contributed by atoms with Gasteiger partial charge in [-0.1, -0.05) is 18.7 Å². The molecule has 1 fully saturated rings. The van der Waals surface area contributed by atoms with E-state index in [0.717, 1.165) is 44.4 Å². The molecule has 1 saturated heterocycles. The number of carbonyl (C=O) groups excluding carboxylic acids is 1. The van der Waals surface area contributed by atoms with Gasteiger partial charge in [0.05, 0.1) is 31.1 Å². The zero-order chi connectivity index (χ0) is 24.0. The van der Waals surface area contributed by atoms with Crippen molar-refractivity contribution in [1.82, 2.24) is 14.9 Å². The number of carbonyl (C=O) groups is 1. The summed E-state index contributed by atoms with van der Waals surface area (Å²) in [4.78, 5) is 29.5. The molecule has 0 bridgehead atoms. The van der Waals surface area contributed by atoms with Crippen LogP contribution in [0.25, 0.3) is 4.85 Å². The Balaban J connectivity index is 2.10. The smallest absolute Gasteiger partial charge is 0.237 e. The van der Waals surface area contributed by atoms with Crippen LogP contribution < -0.4 is 15.4 Å². The van der Waals surface area contributed by atoms with Gasteiger partial charge in [0, 0.05) is 19.6 Å². The number of amides is 1. The van der Waals surface area contributed by atoms with E-state index in [1.807, 2.05) is 6.92 Å². The Morgan fingerprint density at radius 1 is 1.39 bits per heavy atom. The molecule has 172 valence electrons. The second-order valence-electron chi connectivity index (χ2n) is 7.69. The highest BCUT2D eigenvalue weighted by atomic mass is 32.2. The number of pyridine rings is 2. The molecule has 9 nitrogen and oxygen atoms in total. The lowest BCUT2D eigenvalue weighted by molar-refractivity contribution is -0.117. The topological polar surface area (TPSA) is 113 Å². The summed E-state index contributed by atoms with van der Waals surface area (Å²) >= 11 is 1.10. The van der Waals surface area contributed by atoms with Gasteiger partial charge in [-0.05, 0) is 44.1 Å². The summed E-state index contributed by atoms with van der Waals surface area (Å²) in [5, 5.41) is 9.49. The standard InChI is InChI=1S/C23H27N7O2S/c1-5-16-17(13-24)23(33-20(21(25)31)18-8-7-15(32-4)14-27-18)28-22(19(16)26-2)30-10-6-9-29(3)11-12-30/h7-8,14,20H,5-6,9-12H2,1,3-4H3,(H2,25,31). The number of anilines is 1. The molecule has 0 radical (unpaired) electrons. The van der Waals surface area contributed by atoms with Crippen LogP contribution in [0.15, 0.2) is 23.4 Å². The average molecular weight is 466 g/mol. The first-order valence-electron chi connectivity index (χ1n) is 10.7. The van der Waals surface area contributed by atoms with Crippen LogP contribution in [0.1, 0.15) is 35.4 Å². The molecule has 2 aromatic rings. The molecule has 33 heavy (non-hydrogen) atoms. The van der Waals surface area contributed by atoms with Gasteiger partial charge in [0.25, 0.3) is 0 Å². The van der Waals surface area contributed by atoms with Crippen molar-refractivity contribution in [2.75, 3.05) is 45.2 Å². The molecule has 3 heterocycles. The summed E-state index contributed by atoms with van der Waals surface area (Å²) in [7, 11) is 3.61. The normalized spacial score (nSPS) is 15.2. The second kappa shape index (κ2) is 11.0. The van der Waals surface area contributed by atoms with Crippen LogP contribution in [-0.2, 0) is 11.2 Å². The minimum absolute atomic E-state index is 0.309. The van der Waals surface area contributed by atoms with Gasteiger partial charge in [-0.2, -0.15) is 5.26 Å². The summed E-state index contributed by atoms with van der Waals surface area (Å²) in [6.07, 6.45) is 2.96. The average Bonchev–Trinajstić information content (AvgIpc) is 3.05. The molecule has 2 N–H and O–H groups in total. The molecule has 1 aliphatic heterocycles. The molecule has 0 spiro atoms. The highest BCUT2D eigenvalue weighted by Gasteiger charge is 2.28. The van der Waals surface area contributed by atoms with Crippen molar-refractivity contribution < 1.29 is 9.53 Å². The van der Waals surface area contributed by atoms with E-state index in [-0.39, 0.29) is 0 Å². The fourth-order valence-corrected chi connectivity index (χ4v) is 4.80. The van der Waals surface area contributed by atoms with Crippen molar-refractivity contribution in [3.05, 3.63) is 46.6 Å². The molecular weight excluding hydrogens is 438 g/mol. The minimum Gasteiger partial charge on any atom is -0.495 e. The van der Waals surface area contributed by atoms with E-state index < -0.39 is 11.2 Å². The zero-order valence-corrected chi connectivity index (χ0v) is 19.9. The Morgan fingerprint density at radius 3 is 2.76 bits per heavy atom. The van der Waals surface area contributed by atoms with Gasteiger partial charge in [-0.15, -0.1) is 0 Å². The van der Waals surface area contributed by atoms with Crippen LogP contribution in [0.5, 0.6) is 5.75 Å². The Morgan fingerprint density at radius 2 is 2.18 bits per heavy atom. The highest BCUT2D eigenvalue weighted by Crippen LogP contribution is 2.42. The molecule has 1 atom stereocenters. The predicted molar refractivity (Wildman–Crippen MR) is 128 cm³/mol. The number of hydrogen-bond acceptors (Lipinski definition) is 8. The Labute approximate surface area is 198 Å². The molecule has 0 aromatic carbocycles. The minimum atomic E-state index is -0.845. The first-order valence-corrected chi connectivity index (χ1v) is 11.5. The van der Waals surface area contributed by atoms with E-state index >= 15 is 0 Å². The lowest BCUT2D eigenvalue weighted by Crippen LogP contribution is -2.30. The number of nitrogens with two attached hydrogens (primary N) is 1. The van der Waals surface area contributed by atoms with Gasteiger partial charge >= 0.3 is 0 Å². The van der Waals surface area contributed by atoms with Crippen molar-refractivity contribution in [1.29, 1.82) is 5.26 Å². The van der Waals surface area contributed by atoms with Crippen LogP contribution in [0.4, 0.5) is 11.5 Å². The summed E-state index contributed by atoms with van der Waals surface area (Å²) in [5.41, 5.74) is 7.52. The number of hydrogen-bond donors (Lipinski definition) is 1. The summed E-state index contributed by atoms with van der Waals surface area (Å²) in [6, 6.07) is 5.59. The first-order chi connectivity index (χ1) is 15.9. The molecular formula is C23H27N7O2S. The quantitative estimate of drug-likeness (QED) is 0.491. The number of nitriles is 1. The summed E-state index contributed by atoms with van der Waals surface area (Å²) in [6.45, 7) is 13.0. The lowest BCUT2D eigenvalue weighted by Gasteiger charge is -2.26. The van der Waals surface area contributed by atoms with Crippen LogP contribution in [-0.4, -0.2) is 61.1 Å². The number of primary amides is 1. The number of methoxy groups -OCH3 is 1. The number of aromatic nitrogens is 2. The third-order valence-corrected chi connectivity index (χ3v) is 6.80. The maximum Gasteiger partial charge on any atom is 0.237 e. The lowest BCUT2D eigenvalue weighted by atomic mass is 10.1. The van der Waals surface area contributed by atoms with Gasteiger partial charge < -0.3 is 20.3 Å². The Bertz CT molecular complexity index is 1090. The maximum absolute atomic E-state index is 12.4. The number of rotatable bonds is 7. The van der Waals surface area contributed by atoms with Crippen molar-refractivity contribution in [3.8, 4) is 11.8 Å². The van der Waals surface area contributed by atoms with E-state index in [0.29, 0.717) is 45.5 Å². The van der Waals surface area contributed by atoms with E-state index in [1.165, 1.54) is 13.3 Å². The number of ether oxygens (including phenoxy) is 1. The highest BCUT2D eigenvalue weighted by molar-refractivity contribution is 8.00. The van der Waals surface area contributed by atoms with Crippen molar-refractivity contribution in [3.63, 3.8) is 0 Å². The Hall–Kier alpha value is -3.34. The molecule has 1 aliphatic rings. The fraction of sp³-hybridized carbons (Fsp3) is 0.435. The molecule has 0 aliphatic carbocycles. The predicted octanol–water partition coefficient (Wildman–Crippen LogP) is 2.93. The molecule has 0 saturated carbocycles. The van der Waals surface area contributed by atoms with Crippen molar-refractivity contribution in [2.45, 2.75) is 30.0 Å². The van der Waals surface area contributed by atoms with E-state index in [9.17, 15) is 10.1 Å². The van der Waals surface area contributed by atoms with E-state index in [2.05, 4.69) is 32.7 Å². The number of nitrogens with zero attached hydrogens (tertiary/aromatic N) is 6. The molecule has 10 heteroatoms. The molecule has 2 aromatic heterocycles. The largest absolute Gasteiger partial charge is 0.495 e. The van der Waals surface area contributed by atoms with Gasteiger partial charge in [0.2, 0.25) is 11.6 Å². The van der Waals surface area contributed by atoms with Crippen molar-refractivity contribution >= 4 is 29.2 Å². The third kappa shape index (κ3) is 5.36. The molecule has 3 rings (SSSR count). The van der Waals surface area contributed by atoms with Gasteiger partial charge in [0.15, 0.2) is 0 Å². The van der Waals surface area contributed by atoms with Crippen LogP contribution in [0.2, 0.25) is 0 Å². The van der Waals surface area contributed by atoms with E-state index in [4.69, 9.17) is 22.0 Å². The zero-order valence-electron chi connectivity index (χ0n) is 19.0. The van der Waals surface area contributed by atoms with Crippen LogP contribution >= 0.6 is 11.8 Å². The maximum atomic E-state index is 12.4. The summed E-state index contributed by atoms with van der Waals surface area (Å²) < 4.78 is 5.14. The first kappa shape index (κ1) is 24.3. The molecule has 1 unspecified atom stereocenters. The summed E-state index contributed by atoms with van der Waals surface area (Å²) in [5.74, 6) is 0.532. The second-order valence-corrected chi connectivity index (χ2v) is 8.78. The fourth-order valence-electron chi connectivity index (χ4n) is 3.77. The van der Waals surface area contributed by atoms with Gasteiger partial charge in [-0.3, -0.25) is 9.78 Å². The van der Waals surface area contributed by atoms with Gasteiger partial charge in [0.1, 0.15) is 27.9 Å². The Kier molecular flexibility index (Phi) is 8.10. The monoisotopic (exact) mass is 465 g/mol. The number of likely N-dealkylation sites (N-methyl/N-ethyl adjacent to an activating group) is 1. The van der Waals surface area contributed by atoms with Crippen LogP contribution in [0, 0.1) is 17.9 Å². The van der Waals surface area contributed by atoms with E-state index in [1.54, 1.807) is 12.1 Å². The van der Waals surface area contributed by atoms with Crippen molar-refractivity contribution in [2.24, 2.45) is 5.73 Å². The molecule has 1 amide bonds.